The van der Waals surface area contributed by atoms with Crippen molar-refractivity contribution in [1.82, 2.24) is 10.3 Å². The van der Waals surface area contributed by atoms with Gasteiger partial charge in [0.25, 0.3) is 0 Å². The van der Waals surface area contributed by atoms with Gasteiger partial charge in [-0.3, -0.25) is 4.79 Å². The number of fused-ring (bicyclic) bond motifs is 1. The molecule has 0 fully saturated rings. The number of nitrogens with zero attached hydrogens (tertiary/aromatic N) is 2. The van der Waals surface area contributed by atoms with Crippen LogP contribution in [0.5, 0.6) is 5.75 Å². The zero-order valence-electron chi connectivity index (χ0n) is 20.6. The first-order valence-corrected chi connectivity index (χ1v) is 11.4. The van der Waals surface area contributed by atoms with E-state index in [1.807, 2.05) is 39.8 Å². The Hall–Kier alpha value is -3.60. The summed E-state index contributed by atoms with van der Waals surface area (Å²) in [6, 6.07) is 9.38. The van der Waals surface area contributed by atoms with Gasteiger partial charge in [0.05, 0.1) is 17.5 Å². The van der Waals surface area contributed by atoms with E-state index in [4.69, 9.17) is 9.47 Å². The van der Waals surface area contributed by atoms with E-state index >= 15 is 0 Å². The summed E-state index contributed by atoms with van der Waals surface area (Å²) >= 11 is 0. The van der Waals surface area contributed by atoms with Crippen molar-refractivity contribution >= 4 is 17.8 Å². The summed E-state index contributed by atoms with van der Waals surface area (Å²) in [5, 5.41) is 15.5. The van der Waals surface area contributed by atoms with Gasteiger partial charge in [-0.25, -0.2) is 9.78 Å². The number of ether oxygens (including phenoxy) is 2. The Labute approximate surface area is 200 Å². The molecular weight excluding hydrogens is 432 g/mol. The second-order valence-electron chi connectivity index (χ2n) is 10.3. The predicted molar refractivity (Wildman–Crippen MR) is 129 cm³/mol. The molecule has 0 unspecified atom stereocenters. The van der Waals surface area contributed by atoms with Crippen molar-refractivity contribution in [2.24, 2.45) is 5.92 Å². The maximum Gasteiger partial charge on any atom is 0.408 e. The van der Waals surface area contributed by atoms with Gasteiger partial charge in [0, 0.05) is 11.8 Å². The molecule has 2 N–H and O–H groups in total. The van der Waals surface area contributed by atoms with Crippen molar-refractivity contribution < 1.29 is 19.1 Å². The van der Waals surface area contributed by atoms with Crippen LogP contribution in [-0.4, -0.2) is 34.7 Å². The standard InChI is InChI=1S/C26H32N4O4/c1-16(2)13-26(6,30-24(32)34-25(3,4)5)15-33-21-8-7-17(11-18(21)14-27)19-9-10-28-23-20(19)12-22(31)29-23/h7-11,16H,12-13,15H2,1-6H3,(H,30,32)(H,28,29,31)/t26-/m0/s1. The minimum absolute atomic E-state index is 0.0997. The molecule has 1 aliphatic heterocycles. The van der Waals surface area contributed by atoms with E-state index in [0.717, 1.165) is 16.7 Å². The summed E-state index contributed by atoms with van der Waals surface area (Å²) in [6.07, 6.45) is 2.04. The molecule has 2 aromatic rings. The molecular formula is C26H32N4O4. The molecule has 0 saturated carbocycles. The van der Waals surface area contributed by atoms with Gasteiger partial charge in [-0.2, -0.15) is 5.26 Å². The van der Waals surface area contributed by atoms with E-state index in [1.165, 1.54) is 0 Å². The number of rotatable bonds is 7. The Morgan fingerprint density at radius 2 is 2.00 bits per heavy atom. The van der Waals surface area contributed by atoms with Crippen LogP contribution in [-0.2, 0) is 16.0 Å². The lowest BCUT2D eigenvalue weighted by molar-refractivity contribution is -0.115. The van der Waals surface area contributed by atoms with Crippen molar-refractivity contribution in [2.75, 3.05) is 11.9 Å². The van der Waals surface area contributed by atoms with E-state index in [-0.39, 0.29) is 18.9 Å². The maximum atomic E-state index is 12.4. The largest absolute Gasteiger partial charge is 0.490 e. The number of carbonyl (C=O) groups excluding carboxylic acids is 2. The number of aromatic nitrogens is 1. The first-order chi connectivity index (χ1) is 15.9. The third-order valence-corrected chi connectivity index (χ3v) is 5.27. The van der Waals surface area contributed by atoms with Crippen LogP contribution in [0.2, 0.25) is 0 Å². The number of benzene rings is 1. The molecule has 2 amide bonds. The Kier molecular flexibility index (Phi) is 7.15. The smallest absolute Gasteiger partial charge is 0.408 e. The zero-order chi connectivity index (χ0) is 25.1. The number of nitrogens with one attached hydrogen (secondary N) is 2. The third-order valence-electron chi connectivity index (χ3n) is 5.27. The number of hydrogen-bond donors (Lipinski definition) is 2. The van der Waals surface area contributed by atoms with E-state index in [9.17, 15) is 14.9 Å². The van der Waals surface area contributed by atoms with Crippen LogP contribution < -0.4 is 15.4 Å². The molecule has 1 atom stereocenters. The van der Waals surface area contributed by atoms with Crippen LogP contribution in [0, 0.1) is 17.2 Å². The van der Waals surface area contributed by atoms with E-state index in [1.54, 1.807) is 18.3 Å². The second-order valence-corrected chi connectivity index (χ2v) is 10.3. The molecule has 0 spiro atoms. The van der Waals surface area contributed by atoms with Crippen molar-refractivity contribution in [2.45, 2.75) is 65.5 Å². The number of carbonyl (C=O) groups is 2. The van der Waals surface area contributed by atoms with Crippen LogP contribution in [0.4, 0.5) is 10.6 Å². The van der Waals surface area contributed by atoms with Gasteiger partial charge in [0.1, 0.15) is 29.8 Å². The van der Waals surface area contributed by atoms with Gasteiger partial charge >= 0.3 is 6.09 Å². The number of amides is 2. The first kappa shape index (κ1) is 25.0. The third kappa shape index (κ3) is 6.25. The van der Waals surface area contributed by atoms with Gasteiger partial charge in [0.2, 0.25) is 5.91 Å². The van der Waals surface area contributed by atoms with Gasteiger partial charge in [-0.15, -0.1) is 0 Å². The number of alkyl carbamates (subject to hydrolysis) is 1. The fourth-order valence-electron chi connectivity index (χ4n) is 4.13. The van der Waals surface area contributed by atoms with Crippen LogP contribution in [0.25, 0.3) is 11.1 Å². The summed E-state index contributed by atoms with van der Waals surface area (Å²) in [7, 11) is 0. The predicted octanol–water partition coefficient (Wildman–Crippen LogP) is 4.82. The molecule has 0 bridgehead atoms. The number of anilines is 1. The normalized spacial score (nSPS) is 14.6. The zero-order valence-corrected chi connectivity index (χ0v) is 20.6. The Balaban J connectivity index is 1.81. The highest BCUT2D eigenvalue weighted by atomic mass is 16.6. The molecule has 0 radical (unpaired) electrons. The maximum absolute atomic E-state index is 12.4. The molecule has 8 heteroatoms. The lowest BCUT2D eigenvalue weighted by Gasteiger charge is -2.33. The molecule has 0 saturated heterocycles. The SMILES string of the molecule is CC(C)C[C@@](C)(COc1ccc(-c2ccnc3c2CC(=O)N3)cc1C#N)NC(=O)OC(C)(C)C. The van der Waals surface area contributed by atoms with Crippen molar-refractivity contribution in [3.63, 3.8) is 0 Å². The minimum atomic E-state index is -0.695. The Morgan fingerprint density at radius 1 is 1.26 bits per heavy atom. The fourth-order valence-corrected chi connectivity index (χ4v) is 4.13. The molecule has 1 aromatic heterocycles. The van der Waals surface area contributed by atoms with Crippen LogP contribution in [0.15, 0.2) is 30.5 Å². The van der Waals surface area contributed by atoms with E-state index < -0.39 is 17.2 Å². The highest BCUT2D eigenvalue weighted by molar-refractivity contribution is 6.00. The molecule has 180 valence electrons. The molecule has 8 nitrogen and oxygen atoms in total. The fraction of sp³-hybridized carbons (Fsp3) is 0.462. The van der Waals surface area contributed by atoms with Crippen LogP contribution in [0.1, 0.15) is 59.1 Å². The molecule has 1 aromatic carbocycles. The van der Waals surface area contributed by atoms with Gasteiger partial charge < -0.3 is 20.1 Å². The molecule has 2 heterocycles. The highest BCUT2D eigenvalue weighted by Gasteiger charge is 2.31. The van der Waals surface area contributed by atoms with Crippen molar-refractivity contribution in [1.29, 1.82) is 5.26 Å². The molecule has 34 heavy (non-hydrogen) atoms. The molecule has 1 aliphatic rings. The number of nitriles is 1. The Morgan fingerprint density at radius 3 is 2.65 bits per heavy atom. The van der Waals surface area contributed by atoms with Gasteiger partial charge in [-0.1, -0.05) is 19.9 Å². The summed E-state index contributed by atoms with van der Waals surface area (Å²) in [6.45, 7) is 11.6. The average Bonchev–Trinajstić information content (AvgIpc) is 3.10. The topological polar surface area (TPSA) is 113 Å². The first-order valence-electron chi connectivity index (χ1n) is 11.4. The highest BCUT2D eigenvalue weighted by Crippen LogP contribution is 2.34. The lowest BCUT2D eigenvalue weighted by Crippen LogP contribution is -2.52. The van der Waals surface area contributed by atoms with E-state index in [0.29, 0.717) is 29.5 Å². The summed E-state index contributed by atoms with van der Waals surface area (Å²) < 4.78 is 11.5. The summed E-state index contributed by atoms with van der Waals surface area (Å²) in [5.74, 6) is 1.18. The van der Waals surface area contributed by atoms with Crippen LogP contribution in [0.3, 0.4) is 0 Å². The second kappa shape index (κ2) is 9.72. The average molecular weight is 465 g/mol. The molecule has 3 rings (SSSR count). The Bertz CT molecular complexity index is 1130. The van der Waals surface area contributed by atoms with Crippen molar-refractivity contribution in [3.05, 3.63) is 41.6 Å². The monoisotopic (exact) mass is 464 g/mol. The van der Waals surface area contributed by atoms with Gasteiger partial charge in [0.15, 0.2) is 0 Å². The number of pyridine rings is 1. The lowest BCUT2D eigenvalue weighted by atomic mass is 9.91. The van der Waals surface area contributed by atoms with Gasteiger partial charge in [-0.05, 0) is 69.4 Å². The molecule has 0 aliphatic carbocycles. The van der Waals surface area contributed by atoms with Crippen LogP contribution >= 0.6 is 0 Å². The minimum Gasteiger partial charge on any atom is -0.490 e. The van der Waals surface area contributed by atoms with E-state index in [2.05, 4.69) is 35.5 Å². The summed E-state index contributed by atoms with van der Waals surface area (Å²) in [4.78, 5) is 28.5. The quantitative estimate of drug-likeness (QED) is 0.607. The summed E-state index contributed by atoms with van der Waals surface area (Å²) in [5.41, 5.74) is 1.53. The van der Waals surface area contributed by atoms with Crippen molar-refractivity contribution in [3.8, 4) is 22.9 Å². The number of hydrogen-bond acceptors (Lipinski definition) is 6.